The van der Waals surface area contributed by atoms with Crippen LogP contribution in [0.3, 0.4) is 0 Å². The summed E-state index contributed by atoms with van der Waals surface area (Å²) in [5.41, 5.74) is 2.39. The van der Waals surface area contributed by atoms with E-state index in [0.29, 0.717) is 12.5 Å². The Bertz CT molecular complexity index is 1030. The molecule has 4 rings (SSSR count). The second-order valence-corrected chi connectivity index (χ2v) is 9.60. The van der Waals surface area contributed by atoms with Gasteiger partial charge < -0.3 is 4.90 Å². The molecule has 0 bridgehead atoms. The lowest BCUT2D eigenvalue weighted by Gasteiger charge is -2.33. The van der Waals surface area contributed by atoms with E-state index < -0.39 is 0 Å². The molecule has 0 aliphatic carbocycles. The molecule has 1 unspecified atom stereocenters. The van der Waals surface area contributed by atoms with Crippen LogP contribution in [0.4, 0.5) is 0 Å². The van der Waals surface area contributed by atoms with Gasteiger partial charge in [-0.05, 0) is 37.7 Å². The lowest BCUT2D eigenvalue weighted by Crippen LogP contribution is -2.42. The highest BCUT2D eigenvalue weighted by Crippen LogP contribution is 2.29. The maximum atomic E-state index is 13.1. The maximum Gasteiger partial charge on any atom is 0.235 e. The quantitative estimate of drug-likeness (QED) is 0.357. The van der Waals surface area contributed by atoms with Crippen LogP contribution < -0.4 is 0 Å². The number of hydrogen-bond acceptors (Lipinski definition) is 4. The number of hydrogen-bond donors (Lipinski definition) is 0. The number of amides is 1. The minimum absolute atomic E-state index is 0.183. The lowest BCUT2D eigenvalue weighted by atomic mass is 9.90. The predicted octanol–water partition coefficient (Wildman–Crippen LogP) is 5.09. The molecule has 1 atom stereocenters. The summed E-state index contributed by atoms with van der Waals surface area (Å²) in [6, 6.07) is 20.6. The smallest absolute Gasteiger partial charge is 0.235 e. The first-order valence-corrected chi connectivity index (χ1v) is 12.1. The molecule has 2 aromatic carbocycles. The molecule has 5 nitrogen and oxygen atoms in total. The Balaban J connectivity index is 1.37. The number of rotatable bonds is 8. The van der Waals surface area contributed by atoms with E-state index in [2.05, 4.69) is 47.1 Å². The molecular formula is C26H30N4OS. The van der Waals surface area contributed by atoms with Crippen molar-refractivity contribution >= 4 is 17.7 Å². The summed E-state index contributed by atoms with van der Waals surface area (Å²) in [7, 11) is 0. The van der Waals surface area contributed by atoms with Crippen molar-refractivity contribution in [1.29, 1.82) is 0 Å². The third kappa shape index (κ3) is 5.30. The van der Waals surface area contributed by atoms with Crippen molar-refractivity contribution < 1.29 is 4.79 Å². The Labute approximate surface area is 194 Å². The van der Waals surface area contributed by atoms with E-state index in [4.69, 9.17) is 0 Å². The van der Waals surface area contributed by atoms with Gasteiger partial charge in [0, 0.05) is 25.2 Å². The second-order valence-electron chi connectivity index (χ2n) is 8.29. The van der Waals surface area contributed by atoms with Gasteiger partial charge in [0.15, 0.2) is 11.0 Å². The molecule has 166 valence electrons. The molecule has 1 aliphatic heterocycles. The van der Waals surface area contributed by atoms with Crippen LogP contribution in [0.25, 0.3) is 11.4 Å². The first kappa shape index (κ1) is 22.3. The molecule has 1 aromatic heterocycles. The van der Waals surface area contributed by atoms with Crippen LogP contribution >= 0.6 is 11.8 Å². The normalized spacial score (nSPS) is 15.5. The second kappa shape index (κ2) is 10.6. The number of piperidine rings is 1. The van der Waals surface area contributed by atoms with E-state index in [1.807, 2.05) is 52.8 Å². The van der Waals surface area contributed by atoms with Crippen molar-refractivity contribution in [2.75, 3.05) is 13.1 Å². The summed E-state index contributed by atoms with van der Waals surface area (Å²) in [5.74, 6) is 1.63. The maximum absolute atomic E-state index is 13.1. The van der Waals surface area contributed by atoms with Crippen LogP contribution in [-0.4, -0.2) is 43.9 Å². The zero-order valence-corrected chi connectivity index (χ0v) is 19.4. The van der Waals surface area contributed by atoms with Crippen LogP contribution in [0.1, 0.15) is 25.3 Å². The highest BCUT2D eigenvalue weighted by atomic mass is 32.2. The molecule has 0 saturated carbocycles. The number of nitrogens with zero attached hydrogens (tertiary/aromatic N) is 4. The zero-order valence-electron chi connectivity index (χ0n) is 18.6. The van der Waals surface area contributed by atoms with E-state index in [1.165, 1.54) is 17.3 Å². The Morgan fingerprint density at radius 3 is 2.41 bits per heavy atom. The fourth-order valence-corrected chi connectivity index (χ4v) is 5.18. The average Bonchev–Trinajstić information content (AvgIpc) is 3.22. The third-order valence-corrected chi connectivity index (χ3v) is 7.05. The SMILES string of the molecule is C=CCn1c(SC(C)C(=O)N2CCC(Cc3ccccc3)CC2)nnc1-c1ccccc1. The third-order valence-electron chi connectivity index (χ3n) is 5.98. The predicted molar refractivity (Wildman–Crippen MR) is 130 cm³/mol. The van der Waals surface area contributed by atoms with Crippen LogP contribution in [-0.2, 0) is 17.8 Å². The summed E-state index contributed by atoms with van der Waals surface area (Å²) < 4.78 is 2.03. The molecule has 2 heterocycles. The van der Waals surface area contributed by atoms with Gasteiger partial charge in [-0.2, -0.15) is 0 Å². The number of carbonyl (C=O) groups is 1. The van der Waals surface area contributed by atoms with Crippen molar-refractivity contribution in [3.8, 4) is 11.4 Å². The number of carbonyl (C=O) groups excluding carboxylic acids is 1. The number of benzene rings is 2. The fraction of sp³-hybridized carbons (Fsp3) is 0.346. The zero-order chi connectivity index (χ0) is 22.3. The van der Waals surface area contributed by atoms with Gasteiger partial charge in [0.1, 0.15) is 0 Å². The van der Waals surface area contributed by atoms with Crippen LogP contribution in [0, 0.1) is 5.92 Å². The molecule has 1 fully saturated rings. The Morgan fingerprint density at radius 2 is 1.75 bits per heavy atom. The molecule has 0 N–H and O–H groups in total. The Morgan fingerprint density at radius 1 is 1.09 bits per heavy atom. The fourth-order valence-electron chi connectivity index (χ4n) is 4.24. The highest BCUT2D eigenvalue weighted by molar-refractivity contribution is 8.00. The van der Waals surface area contributed by atoms with Crippen molar-refractivity contribution in [3.63, 3.8) is 0 Å². The number of allylic oxidation sites excluding steroid dienone is 1. The highest BCUT2D eigenvalue weighted by Gasteiger charge is 2.28. The summed E-state index contributed by atoms with van der Waals surface area (Å²) in [4.78, 5) is 15.2. The molecule has 1 aliphatic rings. The molecule has 0 radical (unpaired) electrons. The van der Waals surface area contributed by atoms with Gasteiger partial charge in [0.05, 0.1) is 5.25 Å². The average molecular weight is 447 g/mol. The van der Waals surface area contributed by atoms with E-state index in [9.17, 15) is 4.79 Å². The topological polar surface area (TPSA) is 51.0 Å². The van der Waals surface area contributed by atoms with Gasteiger partial charge in [-0.15, -0.1) is 16.8 Å². The molecule has 32 heavy (non-hydrogen) atoms. The van der Waals surface area contributed by atoms with E-state index in [-0.39, 0.29) is 11.2 Å². The molecule has 1 saturated heterocycles. The van der Waals surface area contributed by atoms with Crippen LogP contribution in [0.2, 0.25) is 0 Å². The molecule has 0 spiro atoms. The van der Waals surface area contributed by atoms with Gasteiger partial charge >= 0.3 is 0 Å². The molecule has 3 aromatic rings. The van der Waals surface area contributed by atoms with Gasteiger partial charge in [0.25, 0.3) is 0 Å². The van der Waals surface area contributed by atoms with Crippen molar-refractivity contribution in [2.24, 2.45) is 5.92 Å². The van der Waals surface area contributed by atoms with Gasteiger partial charge in [0.2, 0.25) is 5.91 Å². The number of likely N-dealkylation sites (tertiary alicyclic amines) is 1. The minimum atomic E-state index is -0.211. The summed E-state index contributed by atoms with van der Waals surface area (Å²) in [6.07, 6.45) is 5.05. The van der Waals surface area contributed by atoms with E-state index >= 15 is 0 Å². The van der Waals surface area contributed by atoms with Crippen LogP contribution in [0.15, 0.2) is 78.5 Å². The largest absolute Gasteiger partial charge is 0.342 e. The summed E-state index contributed by atoms with van der Waals surface area (Å²) in [5, 5.41) is 9.34. The first-order valence-electron chi connectivity index (χ1n) is 11.2. The summed E-state index contributed by atoms with van der Waals surface area (Å²) in [6.45, 7) is 8.11. The van der Waals surface area contributed by atoms with Crippen molar-refractivity contribution in [2.45, 2.75) is 43.1 Å². The van der Waals surface area contributed by atoms with Crippen molar-refractivity contribution in [3.05, 3.63) is 78.9 Å². The standard InChI is InChI=1S/C26H30N4OS/c1-3-16-30-24(23-12-8-5-9-13-23)27-28-26(30)32-20(2)25(31)29-17-14-22(15-18-29)19-21-10-6-4-7-11-21/h3-13,20,22H,1,14-19H2,2H3. The monoisotopic (exact) mass is 446 g/mol. The van der Waals surface area contributed by atoms with Crippen LogP contribution in [0.5, 0.6) is 0 Å². The number of thioether (sulfide) groups is 1. The Kier molecular flexibility index (Phi) is 7.43. The van der Waals surface area contributed by atoms with Gasteiger partial charge in [-0.1, -0.05) is 78.5 Å². The Hall–Kier alpha value is -2.86. The first-order chi connectivity index (χ1) is 15.7. The number of aromatic nitrogens is 3. The minimum Gasteiger partial charge on any atom is -0.342 e. The van der Waals surface area contributed by atoms with E-state index in [0.717, 1.165) is 48.9 Å². The van der Waals surface area contributed by atoms with E-state index in [1.54, 1.807) is 0 Å². The molecular weight excluding hydrogens is 416 g/mol. The van der Waals surface area contributed by atoms with Crippen molar-refractivity contribution in [1.82, 2.24) is 19.7 Å². The molecule has 6 heteroatoms. The summed E-state index contributed by atoms with van der Waals surface area (Å²) >= 11 is 1.48. The van der Waals surface area contributed by atoms with Gasteiger partial charge in [-0.25, -0.2) is 0 Å². The lowest BCUT2D eigenvalue weighted by molar-refractivity contribution is -0.131. The molecule has 1 amide bonds. The van der Waals surface area contributed by atoms with Gasteiger partial charge in [-0.3, -0.25) is 9.36 Å².